The van der Waals surface area contributed by atoms with Crippen molar-refractivity contribution in [1.29, 1.82) is 0 Å². The zero-order chi connectivity index (χ0) is 19.1. The first kappa shape index (κ1) is 19.4. The molecular weight excluding hydrogens is 358 g/mol. The molecule has 138 valence electrons. The van der Waals surface area contributed by atoms with Crippen LogP contribution in [0.25, 0.3) is 0 Å². The maximum atomic E-state index is 12.1. The van der Waals surface area contributed by atoms with Gasteiger partial charge in [-0.15, -0.1) is 11.3 Å². The highest BCUT2D eigenvalue weighted by molar-refractivity contribution is 7.13. The Kier molecular flexibility index (Phi) is 6.67. The van der Waals surface area contributed by atoms with Crippen molar-refractivity contribution in [2.75, 3.05) is 17.2 Å². The maximum Gasteiger partial charge on any atom is 0.341 e. The number of carbonyl (C=O) groups is 3. The molecule has 1 aromatic heterocycles. The summed E-state index contributed by atoms with van der Waals surface area (Å²) < 4.78 is 5.07. The Morgan fingerprint density at radius 2 is 2.04 bits per heavy atom. The summed E-state index contributed by atoms with van der Waals surface area (Å²) in [7, 11) is 0. The summed E-state index contributed by atoms with van der Waals surface area (Å²) in [6.07, 6.45) is 0.0499. The van der Waals surface area contributed by atoms with Crippen molar-refractivity contribution < 1.29 is 24.2 Å². The first-order valence-corrected chi connectivity index (χ1v) is 8.71. The van der Waals surface area contributed by atoms with Crippen LogP contribution in [-0.2, 0) is 20.8 Å². The lowest BCUT2D eigenvalue weighted by atomic mass is 10.2. The fourth-order valence-electron chi connectivity index (χ4n) is 1.87. The van der Waals surface area contributed by atoms with Gasteiger partial charge in [0.15, 0.2) is 11.7 Å². The van der Waals surface area contributed by atoms with Crippen LogP contribution in [0.2, 0.25) is 0 Å². The van der Waals surface area contributed by atoms with Gasteiger partial charge in [0.2, 0.25) is 11.8 Å². The number of ether oxygens (including phenoxy) is 1. The Balaban J connectivity index is 1.91. The van der Waals surface area contributed by atoms with Gasteiger partial charge in [-0.1, -0.05) is 19.9 Å². The van der Waals surface area contributed by atoms with E-state index >= 15 is 0 Å². The molecule has 0 aliphatic heterocycles. The SMILES string of the molecule is CC(C)C(=O)Nc1nc(CC(=O)Nc2cccc(OCC(=O)O)c2)cs1. The number of nitrogens with one attached hydrogen (secondary N) is 2. The van der Waals surface area contributed by atoms with Crippen LogP contribution in [0.5, 0.6) is 5.75 Å². The predicted octanol–water partition coefficient (Wildman–Crippen LogP) is 2.38. The summed E-state index contributed by atoms with van der Waals surface area (Å²) in [6.45, 7) is 3.11. The molecule has 0 aliphatic rings. The molecule has 0 spiro atoms. The molecule has 26 heavy (non-hydrogen) atoms. The molecule has 3 N–H and O–H groups in total. The van der Waals surface area contributed by atoms with E-state index in [1.54, 1.807) is 37.4 Å². The topological polar surface area (TPSA) is 118 Å². The van der Waals surface area contributed by atoms with E-state index < -0.39 is 12.6 Å². The first-order chi connectivity index (χ1) is 12.3. The van der Waals surface area contributed by atoms with Gasteiger partial charge in [0.1, 0.15) is 5.75 Å². The number of carbonyl (C=O) groups excluding carboxylic acids is 2. The van der Waals surface area contributed by atoms with Gasteiger partial charge in [-0.05, 0) is 12.1 Å². The van der Waals surface area contributed by atoms with E-state index in [2.05, 4.69) is 15.6 Å². The second kappa shape index (κ2) is 8.95. The lowest BCUT2D eigenvalue weighted by molar-refractivity contribution is -0.139. The van der Waals surface area contributed by atoms with Crippen molar-refractivity contribution in [2.24, 2.45) is 5.92 Å². The average Bonchev–Trinajstić information content (AvgIpc) is 2.99. The Bertz CT molecular complexity index is 803. The van der Waals surface area contributed by atoms with E-state index in [1.165, 1.54) is 17.4 Å². The summed E-state index contributed by atoms with van der Waals surface area (Å²) in [6, 6.07) is 6.45. The van der Waals surface area contributed by atoms with Gasteiger partial charge in [-0.2, -0.15) is 0 Å². The van der Waals surface area contributed by atoms with Crippen LogP contribution in [0.15, 0.2) is 29.6 Å². The molecule has 0 bridgehead atoms. The Hall–Kier alpha value is -2.94. The molecular formula is C17H19N3O5S. The van der Waals surface area contributed by atoms with E-state index in [9.17, 15) is 14.4 Å². The number of aliphatic carboxylic acids is 1. The van der Waals surface area contributed by atoms with Gasteiger partial charge in [0.05, 0.1) is 12.1 Å². The second-order valence-corrected chi connectivity index (χ2v) is 6.58. The molecule has 2 amide bonds. The number of benzene rings is 1. The number of aromatic nitrogens is 1. The predicted molar refractivity (Wildman–Crippen MR) is 97.5 cm³/mol. The molecule has 0 unspecified atom stereocenters. The van der Waals surface area contributed by atoms with E-state index in [-0.39, 0.29) is 24.2 Å². The third-order valence-electron chi connectivity index (χ3n) is 3.13. The van der Waals surface area contributed by atoms with E-state index in [4.69, 9.17) is 9.84 Å². The first-order valence-electron chi connectivity index (χ1n) is 7.83. The monoisotopic (exact) mass is 377 g/mol. The van der Waals surface area contributed by atoms with Crippen molar-refractivity contribution in [1.82, 2.24) is 4.98 Å². The molecule has 0 fully saturated rings. The van der Waals surface area contributed by atoms with Gasteiger partial charge in [0.25, 0.3) is 0 Å². The molecule has 0 saturated carbocycles. The van der Waals surface area contributed by atoms with Gasteiger partial charge >= 0.3 is 5.97 Å². The van der Waals surface area contributed by atoms with Crippen LogP contribution in [0.1, 0.15) is 19.5 Å². The van der Waals surface area contributed by atoms with Crippen LogP contribution in [-0.4, -0.2) is 34.5 Å². The van der Waals surface area contributed by atoms with Crippen LogP contribution in [0.4, 0.5) is 10.8 Å². The molecule has 9 heteroatoms. The van der Waals surface area contributed by atoms with Crippen LogP contribution in [0, 0.1) is 5.92 Å². The van der Waals surface area contributed by atoms with Crippen molar-refractivity contribution in [3.8, 4) is 5.75 Å². The quantitative estimate of drug-likeness (QED) is 0.650. The third kappa shape index (κ3) is 6.17. The van der Waals surface area contributed by atoms with E-state index in [0.717, 1.165) is 0 Å². The number of amides is 2. The molecule has 2 aromatic rings. The van der Waals surface area contributed by atoms with Gasteiger partial charge in [-0.25, -0.2) is 9.78 Å². The fraction of sp³-hybridized carbons (Fsp3) is 0.294. The fourth-order valence-corrected chi connectivity index (χ4v) is 2.59. The van der Waals surface area contributed by atoms with E-state index in [1.807, 2.05) is 0 Å². The molecule has 0 saturated heterocycles. The summed E-state index contributed by atoms with van der Waals surface area (Å²) in [4.78, 5) is 38.5. The minimum Gasteiger partial charge on any atom is -0.482 e. The van der Waals surface area contributed by atoms with Crippen molar-refractivity contribution in [3.63, 3.8) is 0 Å². The number of hydrogen-bond acceptors (Lipinski definition) is 6. The normalized spacial score (nSPS) is 10.4. The molecule has 1 heterocycles. The molecule has 0 aliphatic carbocycles. The maximum absolute atomic E-state index is 12.1. The van der Waals surface area contributed by atoms with Crippen LogP contribution in [0.3, 0.4) is 0 Å². The van der Waals surface area contributed by atoms with Gasteiger partial charge < -0.3 is 20.5 Å². The highest BCUT2D eigenvalue weighted by Crippen LogP contribution is 2.19. The summed E-state index contributed by atoms with van der Waals surface area (Å²) in [5.41, 5.74) is 1.03. The smallest absolute Gasteiger partial charge is 0.341 e. The van der Waals surface area contributed by atoms with E-state index in [0.29, 0.717) is 22.3 Å². The number of thiazole rings is 1. The van der Waals surface area contributed by atoms with Gasteiger partial charge in [0, 0.05) is 23.1 Å². The number of carboxylic acids is 1. The minimum atomic E-state index is -1.08. The number of nitrogens with zero attached hydrogens (tertiary/aromatic N) is 1. The lowest BCUT2D eigenvalue weighted by Crippen LogP contribution is -2.18. The molecule has 0 atom stereocenters. The summed E-state index contributed by atoms with van der Waals surface area (Å²) in [5.74, 6) is -1.30. The second-order valence-electron chi connectivity index (χ2n) is 5.72. The molecule has 1 aromatic carbocycles. The van der Waals surface area contributed by atoms with Crippen molar-refractivity contribution in [2.45, 2.75) is 20.3 Å². The largest absolute Gasteiger partial charge is 0.482 e. The van der Waals surface area contributed by atoms with Crippen LogP contribution >= 0.6 is 11.3 Å². The molecule has 0 radical (unpaired) electrons. The summed E-state index contributed by atoms with van der Waals surface area (Å²) >= 11 is 1.26. The van der Waals surface area contributed by atoms with Crippen molar-refractivity contribution in [3.05, 3.63) is 35.3 Å². The number of anilines is 2. The van der Waals surface area contributed by atoms with Crippen molar-refractivity contribution >= 4 is 39.9 Å². The number of carboxylic acid groups (broad SMARTS) is 1. The zero-order valence-corrected chi connectivity index (χ0v) is 15.1. The highest BCUT2D eigenvalue weighted by Gasteiger charge is 2.12. The minimum absolute atomic E-state index is 0.0499. The Morgan fingerprint density at radius 3 is 2.73 bits per heavy atom. The standard InChI is InChI=1S/C17H19N3O5S/c1-10(2)16(24)20-17-19-12(9-26-17)7-14(21)18-11-4-3-5-13(6-11)25-8-15(22)23/h3-6,9-10H,7-8H2,1-2H3,(H,18,21)(H,22,23)(H,19,20,24). The summed E-state index contributed by atoms with van der Waals surface area (Å²) in [5, 5.41) is 16.2. The van der Waals surface area contributed by atoms with Gasteiger partial charge in [-0.3, -0.25) is 9.59 Å². The molecule has 8 nitrogen and oxygen atoms in total. The zero-order valence-electron chi connectivity index (χ0n) is 14.3. The lowest BCUT2D eigenvalue weighted by Gasteiger charge is -2.07. The number of hydrogen-bond donors (Lipinski definition) is 3. The molecule has 2 rings (SSSR count). The Morgan fingerprint density at radius 1 is 1.27 bits per heavy atom. The third-order valence-corrected chi connectivity index (χ3v) is 3.93. The van der Waals surface area contributed by atoms with Crippen LogP contribution < -0.4 is 15.4 Å². The number of rotatable bonds is 8. The average molecular weight is 377 g/mol. The highest BCUT2D eigenvalue weighted by atomic mass is 32.1. The Labute approximate surface area is 154 Å².